The van der Waals surface area contributed by atoms with Crippen LogP contribution in [0.5, 0.6) is 0 Å². The Morgan fingerprint density at radius 3 is 2.87 bits per heavy atom. The topological polar surface area (TPSA) is 82.7 Å². The number of anilines is 2. The Kier molecular flexibility index (Phi) is 5.77. The number of hydrogen-bond donors (Lipinski definition) is 3. The van der Waals surface area contributed by atoms with Gasteiger partial charge >= 0.3 is 0 Å². The van der Waals surface area contributed by atoms with Crippen LogP contribution in [0.4, 0.5) is 11.4 Å². The number of rotatable bonds is 6. The molecule has 6 nitrogen and oxygen atoms in total. The maximum absolute atomic E-state index is 12.4. The molecule has 0 saturated heterocycles. The number of nitrogens with zero attached hydrogens (tertiary/aromatic N) is 2. The molecule has 4 rings (SSSR count). The van der Waals surface area contributed by atoms with Gasteiger partial charge in [0.2, 0.25) is 0 Å². The Bertz CT molecular complexity index is 1310. The first-order valence-corrected chi connectivity index (χ1v) is 9.80. The van der Waals surface area contributed by atoms with Gasteiger partial charge in [-0.15, -0.1) is 6.42 Å². The van der Waals surface area contributed by atoms with Crippen LogP contribution in [-0.2, 0) is 0 Å². The maximum Gasteiger partial charge on any atom is 0.254 e. The van der Waals surface area contributed by atoms with Crippen LogP contribution in [0.2, 0.25) is 0 Å². The van der Waals surface area contributed by atoms with Crippen molar-refractivity contribution in [2.45, 2.75) is 6.92 Å². The number of carbonyl (C=O) groups excluding carboxylic acids is 1. The molecule has 0 saturated carbocycles. The lowest BCUT2D eigenvalue weighted by atomic mass is 10.1. The summed E-state index contributed by atoms with van der Waals surface area (Å²) < 4.78 is 0. The monoisotopic (exact) mass is 407 g/mol. The number of fused-ring (bicyclic) bond motifs is 1. The van der Waals surface area contributed by atoms with Gasteiger partial charge in [-0.25, -0.2) is 0 Å². The van der Waals surface area contributed by atoms with E-state index in [1.165, 1.54) is 0 Å². The lowest BCUT2D eigenvalue weighted by Crippen LogP contribution is -2.24. The van der Waals surface area contributed by atoms with Crippen molar-refractivity contribution in [2.75, 3.05) is 11.9 Å². The highest BCUT2D eigenvalue weighted by Gasteiger charge is 2.11. The smallest absolute Gasteiger partial charge is 0.254 e. The van der Waals surface area contributed by atoms with E-state index >= 15 is 0 Å². The predicted octanol–water partition coefficient (Wildman–Crippen LogP) is 4.54. The third-order valence-corrected chi connectivity index (χ3v) is 4.74. The molecule has 6 heteroatoms. The molecule has 2 aromatic carbocycles. The second-order valence-corrected chi connectivity index (χ2v) is 7.02. The van der Waals surface area contributed by atoms with Crippen LogP contribution >= 0.6 is 0 Å². The maximum atomic E-state index is 12.4. The van der Waals surface area contributed by atoms with Gasteiger partial charge in [0.05, 0.1) is 34.7 Å². The summed E-state index contributed by atoms with van der Waals surface area (Å²) in [5, 5.41) is 14.5. The Balaban J connectivity index is 1.57. The molecule has 0 unspecified atom stereocenters. The minimum Gasteiger partial charge on any atom is -0.355 e. The standard InChI is InChI=1S/C25H21N5O/c1-3-13-27-25(31)21-6-4-5-7-22(21)28-19-8-10-20-23(29-30-24(20)16-19)11-9-18-15-17(2)12-14-26-18/h1,4-12,14-16,28H,13H2,2H3,(H,27,31)(H,29,30)/b11-9+. The number of benzene rings is 2. The van der Waals surface area contributed by atoms with Crippen LogP contribution in [0, 0.1) is 19.3 Å². The molecule has 31 heavy (non-hydrogen) atoms. The molecule has 0 aliphatic carbocycles. The fraction of sp³-hybridized carbons (Fsp3) is 0.0800. The molecule has 2 heterocycles. The Labute approximate surface area is 180 Å². The lowest BCUT2D eigenvalue weighted by Gasteiger charge is -2.11. The van der Waals surface area contributed by atoms with Gasteiger partial charge in [0.25, 0.3) is 5.91 Å². The molecule has 1 amide bonds. The van der Waals surface area contributed by atoms with Crippen molar-refractivity contribution in [1.29, 1.82) is 0 Å². The fourth-order valence-corrected chi connectivity index (χ4v) is 3.23. The number of hydrogen-bond acceptors (Lipinski definition) is 4. The summed E-state index contributed by atoms with van der Waals surface area (Å²) in [6.45, 7) is 2.22. The number of aromatic amines is 1. The highest BCUT2D eigenvalue weighted by molar-refractivity contribution is 6.00. The largest absolute Gasteiger partial charge is 0.355 e. The van der Waals surface area contributed by atoms with Crippen LogP contribution in [0.25, 0.3) is 23.1 Å². The fourth-order valence-electron chi connectivity index (χ4n) is 3.23. The molecule has 0 bridgehead atoms. The van der Waals surface area contributed by atoms with E-state index in [0.29, 0.717) is 11.3 Å². The van der Waals surface area contributed by atoms with E-state index in [1.807, 2.05) is 67.6 Å². The van der Waals surface area contributed by atoms with Crippen molar-refractivity contribution < 1.29 is 4.79 Å². The van der Waals surface area contributed by atoms with E-state index in [4.69, 9.17) is 6.42 Å². The van der Waals surface area contributed by atoms with Crippen LogP contribution in [-0.4, -0.2) is 27.6 Å². The molecular weight excluding hydrogens is 386 g/mol. The number of pyridine rings is 1. The van der Waals surface area contributed by atoms with Crippen LogP contribution < -0.4 is 10.6 Å². The van der Waals surface area contributed by atoms with Gasteiger partial charge in [-0.05, 0) is 67.1 Å². The van der Waals surface area contributed by atoms with Crippen molar-refractivity contribution in [1.82, 2.24) is 20.5 Å². The van der Waals surface area contributed by atoms with E-state index in [2.05, 4.69) is 31.7 Å². The van der Waals surface area contributed by atoms with Gasteiger partial charge in [0.15, 0.2) is 0 Å². The number of terminal acetylenes is 1. The molecule has 0 fully saturated rings. The van der Waals surface area contributed by atoms with Crippen molar-refractivity contribution in [3.63, 3.8) is 0 Å². The number of amides is 1. The Hall–Kier alpha value is -4.37. The third kappa shape index (κ3) is 4.62. The third-order valence-electron chi connectivity index (χ3n) is 4.74. The number of aromatic nitrogens is 3. The van der Waals surface area contributed by atoms with E-state index in [0.717, 1.165) is 33.5 Å². The second-order valence-electron chi connectivity index (χ2n) is 7.02. The highest BCUT2D eigenvalue weighted by Crippen LogP contribution is 2.26. The van der Waals surface area contributed by atoms with Crippen molar-refractivity contribution >= 4 is 40.3 Å². The number of carbonyl (C=O) groups is 1. The quantitative estimate of drug-likeness (QED) is 0.410. The second kappa shape index (κ2) is 8.97. The van der Waals surface area contributed by atoms with Gasteiger partial charge in [-0.3, -0.25) is 14.9 Å². The van der Waals surface area contributed by atoms with Crippen LogP contribution in [0.1, 0.15) is 27.3 Å². The van der Waals surface area contributed by atoms with Gasteiger partial charge in [0.1, 0.15) is 0 Å². The predicted molar refractivity (Wildman–Crippen MR) is 125 cm³/mol. The summed E-state index contributed by atoms with van der Waals surface area (Å²) in [7, 11) is 0. The number of nitrogens with one attached hydrogen (secondary N) is 3. The number of H-pyrrole nitrogens is 1. The summed E-state index contributed by atoms with van der Waals surface area (Å²) in [6, 6.07) is 17.2. The summed E-state index contributed by atoms with van der Waals surface area (Å²) in [5.74, 6) is 2.19. The zero-order chi connectivity index (χ0) is 21.6. The first kappa shape index (κ1) is 19.9. The molecule has 0 aliphatic rings. The van der Waals surface area contributed by atoms with E-state index < -0.39 is 0 Å². The van der Waals surface area contributed by atoms with Crippen LogP contribution in [0.15, 0.2) is 60.8 Å². The molecule has 0 radical (unpaired) electrons. The van der Waals surface area contributed by atoms with Crippen molar-refractivity contribution in [3.8, 4) is 12.3 Å². The van der Waals surface area contributed by atoms with Gasteiger partial charge < -0.3 is 10.6 Å². The van der Waals surface area contributed by atoms with Crippen molar-refractivity contribution in [2.24, 2.45) is 0 Å². The molecule has 0 spiro atoms. The first-order valence-electron chi connectivity index (χ1n) is 9.80. The molecule has 3 N–H and O–H groups in total. The first-order chi connectivity index (χ1) is 15.1. The molecule has 152 valence electrons. The normalized spacial score (nSPS) is 10.8. The minimum atomic E-state index is -0.221. The molecular formula is C25H21N5O. The summed E-state index contributed by atoms with van der Waals surface area (Å²) >= 11 is 0. The molecule has 4 aromatic rings. The lowest BCUT2D eigenvalue weighted by molar-refractivity contribution is 0.0959. The summed E-state index contributed by atoms with van der Waals surface area (Å²) in [5.41, 5.74) is 5.82. The average molecular weight is 407 g/mol. The van der Waals surface area contributed by atoms with Crippen LogP contribution in [0.3, 0.4) is 0 Å². The molecule has 2 aromatic heterocycles. The SMILES string of the molecule is C#CCNC(=O)c1ccccc1Nc1ccc2c(/C=C/c3cc(C)ccn3)n[nH]c2c1. The number of aryl methyl sites for hydroxylation is 1. The van der Waals surface area contributed by atoms with E-state index in [9.17, 15) is 4.79 Å². The van der Waals surface area contributed by atoms with E-state index in [1.54, 1.807) is 12.3 Å². The Morgan fingerprint density at radius 2 is 2.03 bits per heavy atom. The average Bonchev–Trinajstić information content (AvgIpc) is 3.19. The molecule has 0 atom stereocenters. The summed E-state index contributed by atoms with van der Waals surface area (Å²) in [6.07, 6.45) is 10.9. The van der Waals surface area contributed by atoms with Gasteiger partial charge in [-0.2, -0.15) is 5.10 Å². The minimum absolute atomic E-state index is 0.182. The zero-order valence-electron chi connectivity index (χ0n) is 17.0. The summed E-state index contributed by atoms with van der Waals surface area (Å²) in [4.78, 5) is 16.7. The van der Waals surface area contributed by atoms with Gasteiger partial charge in [0, 0.05) is 17.3 Å². The van der Waals surface area contributed by atoms with E-state index in [-0.39, 0.29) is 12.5 Å². The van der Waals surface area contributed by atoms with Gasteiger partial charge in [-0.1, -0.05) is 18.1 Å². The number of para-hydroxylation sites is 1. The highest BCUT2D eigenvalue weighted by atomic mass is 16.1. The van der Waals surface area contributed by atoms with Crippen molar-refractivity contribution in [3.05, 3.63) is 83.3 Å². The molecule has 0 aliphatic heterocycles. The zero-order valence-corrected chi connectivity index (χ0v) is 17.0. The Morgan fingerprint density at radius 1 is 1.16 bits per heavy atom.